The number of thioether (sulfide) groups is 1. The number of hydrogen-bond donors (Lipinski definition) is 3. The fraction of sp³-hybridized carbons (Fsp3) is 0.833. The minimum Gasteiger partial charge on any atom is -0.480 e. The van der Waals surface area contributed by atoms with E-state index in [4.69, 9.17) is 5.11 Å². The first-order valence-corrected chi connectivity index (χ1v) is 7.47. The lowest BCUT2D eigenvalue weighted by Crippen LogP contribution is -2.46. The Morgan fingerprint density at radius 3 is 2.72 bits per heavy atom. The summed E-state index contributed by atoms with van der Waals surface area (Å²) in [6.07, 6.45) is 0.822. The van der Waals surface area contributed by atoms with Gasteiger partial charge in [0.25, 0.3) is 0 Å². The zero-order valence-corrected chi connectivity index (χ0v) is 11.8. The molecule has 1 aliphatic heterocycles. The first-order valence-electron chi connectivity index (χ1n) is 6.32. The van der Waals surface area contributed by atoms with Gasteiger partial charge in [0.05, 0.1) is 0 Å². The monoisotopic (exact) mass is 274 g/mol. The molecule has 1 unspecified atom stereocenters. The molecule has 0 bridgehead atoms. The van der Waals surface area contributed by atoms with E-state index in [0.717, 1.165) is 18.1 Å². The molecule has 1 saturated heterocycles. The van der Waals surface area contributed by atoms with Crippen LogP contribution in [-0.4, -0.2) is 47.1 Å². The van der Waals surface area contributed by atoms with Crippen LogP contribution in [-0.2, 0) is 9.59 Å². The van der Waals surface area contributed by atoms with Crippen LogP contribution < -0.4 is 10.6 Å². The van der Waals surface area contributed by atoms with Gasteiger partial charge in [0, 0.05) is 30.5 Å². The molecule has 0 radical (unpaired) electrons. The molecule has 6 heteroatoms. The second-order valence-corrected chi connectivity index (χ2v) is 6.17. The summed E-state index contributed by atoms with van der Waals surface area (Å²) in [5, 5.41) is 14.9. The number of carbonyl (C=O) groups excluding carboxylic acids is 1. The minimum absolute atomic E-state index is 0.164. The molecular formula is C12H22N2O3S. The molecule has 0 aromatic rings. The Morgan fingerprint density at radius 1 is 1.50 bits per heavy atom. The van der Waals surface area contributed by atoms with Crippen LogP contribution in [0.25, 0.3) is 0 Å². The van der Waals surface area contributed by atoms with Crippen molar-refractivity contribution >= 4 is 23.6 Å². The van der Waals surface area contributed by atoms with Gasteiger partial charge in [0.2, 0.25) is 5.91 Å². The van der Waals surface area contributed by atoms with E-state index in [-0.39, 0.29) is 17.9 Å². The summed E-state index contributed by atoms with van der Waals surface area (Å²) < 4.78 is 0. The maximum Gasteiger partial charge on any atom is 0.326 e. The molecule has 0 aromatic carbocycles. The number of carboxylic acids is 1. The maximum absolute atomic E-state index is 11.8. The normalized spacial score (nSPS) is 21.6. The highest BCUT2D eigenvalue weighted by molar-refractivity contribution is 7.99. The lowest BCUT2D eigenvalue weighted by atomic mass is 10.0. The third kappa shape index (κ3) is 5.73. The number of amides is 1. The quantitative estimate of drug-likeness (QED) is 0.664. The first-order chi connectivity index (χ1) is 8.49. The molecule has 1 aliphatic rings. The van der Waals surface area contributed by atoms with E-state index in [2.05, 4.69) is 10.6 Å². The van der Waals surface area contributed by atoms with Crippen molar-refractivity contribution < 1.29 is 14.7 Å². The van der Waals surface area contributed by atoms with Crippen LogP contribution in [0.1, 0.15) is 26.7 Å². The molecule has 5 nitrogen and oxygen atoms in total. The van der Waals surface area contributed by atoms with Gasteiger partial charge in [-0.1, -0.05) is 13.8 Å². The van der Waals surface area contributed by atoms with Gasteiger partial charge in [-0.15, -0.1) is 0 Å². The molecule has 2 atom stereocenters. The molecule has 18 heavy (non-hydrogen) atoms. The Balaban J connectivity index is 2.37. The van der Waals surface area contributed by atoms with E-state index in [1.807, 2.05) is 25.6 Å². The zero-order valence-electron chi connectivity index (χ0n) is 10.9. The zero-order chi connectivity index (χ0) is 13.5. The van der Waals surface area contributed by atoms with Gasteiger partial charge in [-0.05, 0) is 12.3 Å². The van der Waals surface area contributed by atoms with Crippen LogP contribution in [0.4, 0.5) is 0 Å². The van der Waals surface area contributed by atoms with Crippen LogP contribution in [0.15, 0.2) is 0 Å². The van der Waals surface area contributed by atoms with Gasteiger partial charge in [-0.3, -0.25) is 4.79 Å². The lowest BCUT2D eigenvalue weighted by Gasteiger charge is -2.23. The van der Waals surface area contributed by atoms with Crippen molar-refractivity contribution in [3.8, 4) is 0 Å². The number of rotatable bonds is 6. The van der Waals surface area contributed by atoms with E-state index >= 15 is 0 Å². The largest absolute Gasteiger partial charge is 0.480 e. The summed E-state index contributed by atoms with van der Waals surface area (Å²) in [4.78, 5) is 22.8. The van der Waals surface area contributed by atoms with Crippen molar-refractivity contribution in [2.24, 2.45) is 5.92 Å². The molecule has 0 aliphatic carbocycles. The summed E-state index contributed by atoms with van der Waals surface area (Å²) >= 11 is 1.82. The number of carboxylic acid groups (broad SMARTS) is 1. The van der Waals surface area contributed by atoms with Crippen LogP contribution >= 0.6 is 11.8 Å². The second-order valence-electron chi connectivity index (χ2n) is 5.02. The summed E-state index contributed by atoms with van der Waals surface area (Å²) in [6, 6.07) is -0.606. The average molecular weight is 274 g/mol. The molecule has 0 aromatic heterocycles. The minimum atomic E-state index is -0.956. The highest BCUT2D eigenvalue weighted by Gasteiger charge is 2.23. The number of carbonyl (C=O) groups is 2. The molecule has 3 N–H and O–H groups in total. The van der Waals surface area contributed by atoms with Crippen molar-refractivity contribution in [1.29, 1.82) is 0 Å². The van der Waals surface area contributed by atoms with Crippen LogP contribution in [0.5, 0.6) is 0 Å². The third-order valence-electron chi connectivity index (χ3n) is 2.77. The molecule has 0 saturated carbocycles. The van der Waals surface area contributed by atoms with Crippen molar-refractivity contribution in [2.75, 3.05) is 18.1 Å². The van der Waals surface area contributed by atoms with Crippen LogP contribution in [0, 0.1) is 5.92 Å². The Kier molecular flexibility index (Phi) is 6.49. The second kappa shape index (κ2) is 7.63. The highest BCUT2D eigenvalue weighted by Crippen LogP contribution is 2.11. The smallest absolute Gasteiger partial charge is 0.326 e. The average Bonchev–Trinajstić information content (AvgIpc) is 2.28. The van der Waals surface area contributed by atoms with Crippen LogP contribution in [0.3, 0.4) is 0 Å². The Labute approximate surface area is 112 Å². The fourth-order valence-corrected chi connectivity index (χ4v) is 2.87. The summed E-state index contributed by atoms with van der Waals surface area (Å²) in [5.74, 6) is 1.10. The predicted octanol–water partition coefficient (Wildman–Crippen LogP) is 0.697. The van der Waals surface area contributed by atoms with E-state index in [1.54, 1.807) is 0 Å². The molecule has 0 spiro atoms. The molecule has 104 valence electrons. The van der Waals surface area contributed by atoms with Gasteiger partial charge in [0.1, 0.15) is 6.04 Å². The van der Waals surface area contributed by atoms with Crippen molar-refractivity contribution in [2.45, 2.75) is 38.8 Å². The Bertz CT molecular complexity index is 291. The van der Waals surface area contributed by atoms with Gasteiger partial charge >= 0.3 is 5.97 Å². The fourth-order valence-electron chi connectivity index (χ4n) is 1.92. The SMILES string of the molecule is CC(C)C[C@H](NC(=O)CC1CSCCN1)C(=O)O. The van der Waals surface area contributed by atoms with Crippen molar-refractivity contribution in [1.82, 2.24) is 10.6 Å². The van der Waals surface area contributed by atoms with Gasteiger partial charge in [-0.25, -0.2) is 4.79 Å². The molecule has 1 rings (SSSR count). The number of hydrogen-bond acceptors (Lipinski definition) is 4. The Morgan fingerprint density at radius 2 is 2.22 bits per heavy atom. The van der Waals surface area contributed by atoms with E-state index in [0.29, 0.717) is 12.8 Å². The van der Waals surface area contributed by atoms with Gasteiger partial charge < -0.3 is 15.7 Å². The summed E-state index contributed by atoms with van der Waals surface area (Å²) in [6.45, 7) is 4.81. The maximum atomic E-state index is 11.8. The van der Waals surface area contributed by atoms with Gasteiger partial charge in [0.15, 0.2) is 0 Å². The standard InChI is InChI=1S/C12H22N2O3S/c1-8(2)5-10(12(16)17)14-11(15)6-9-7-18-4-3-13-9/h8-10,13H,3-7H2,1-2H3,(H,14,15)(H,16,17)/t9?,10-/m0/s1. The molecular weight excluding hydrogens is 252 g/mol. The van der Waals surface area contributed by atoms with Crippen molar-refractivity contribution in [3.63, 3.8) is 0 Å². The van der Waals surface area contributed by atoms with E-state index in [1.165, 1.54) is 0 Å². The summed E-state index contributed by atoms with van der Waals surface area (Å²) in [5.41, 5.74) is 0. The van der Waals surface area contributed by atoms with Crippen LogP contribution in [0.2, 0.25) is 0 Å². The van der Waals surface area contributed by atoms with E-state index < -0.39 is 12.0 Å². The van der Waals surface area contributed by atoms with Crippen molar-refractivity contribution in [3.05, 3.63) is 0 Å². The lowest BCUT2D eigenvalue weighted by molar-refractivity contribution is -0.142. The topological polar surface area (TPSA) is 78.4 Å². The Hall–Kier alpha value is -0.750. The third-order valence-corrected chi connectivity index (χ3v) is 3.90. The van der Waals surface area contributed by atoms with Gasteiger partial charge in [-0.2, -0.15) is 11.8 Å². The number of aliphatic carboxylic acids is 1. The number of nitrogens with one attached hydrogen (secondary N) is 2. The molecule has 1 heterocycles. The predicted molar refractivity (Wildman–Crippen MR) is 72.8 cm³/mol. The molecule has 1 amide bonds. The summed E-state index contributed by atoms with van der Waals surface area (Å²) in [7, 11) is 0. The van der Waals surface area contributed by atoms with E-state index in [9.17, 15) is 9.59 Å². The first kappa shape index (κ1) is 15.3. The molecule has 1 fully saturated rings. The highest BCUT2D eigenvalue weighted by atomic mass is 32.2.